The second kappa shape index (κ2) is 6.15. The zero-order valence-electron chi connectivity index (χ0n) is 6.46. The van der Waals surface area contributed by atoms with Crippen LogP contribution in [0.5, 0.6) is 0 Å². The number of hydrogen-bond donors (Lipinski definition) is 0. The minimum absolute atomic E-state index is 0.231. The third-order valence-electron chi connectivity index (χ3n) is 0.839. The van der Waals surface area contributed by atoms with E-state index in [0.717, 1.165) is 0 Å². The van der Waals surface area contributed by atoms with Gasteiger partial charge in [-0.1, -0.05) is 21.1 Å². The lowest BCUT2D eigenvalue weighted by Crippen LogP contribution is -2.18. The van der Waals surface area contributed by atoms with Crippen LogP contribution in [0.25, 0.3) is 0 Å². The van der Waals surface area contributed by atoms with Gasteiger partial charge >= 0.3 is 5.97 Å². The number of alkyl halides is 1. The van der Waals surface area contributed by atoms with Crippen LogP contribution >= 0.6 is 15.9 Å². The highest BCUT2D eigenvalue weighted by Crippen LogP contribution is 1.91. The Morgan fingerprint density at radius 1 is 1.64 bits per heavy atom. The number of rotatable bonds is 4. The summed E-state index contributed by atoms with van der Waals surface area (Å²) in [5, 5.41) is 3.79. The number of hydrogen-bond acceptors (Lipinski definition) is 4. The molecule has 0 amide bonds. The van der Waals surface area contributed by atoms with E-state index >= 15 is 0 Å². The first-order chi connectivity index (χ1) is 5.26. The standard InChI is InChI=1S/C6H10BrNO3/c1-3-11-6(9)5(4-7)8-10-2/h3-4H2,1-2H3. The van der Waals surface area contributed by atoms with E-state index in [2.05, 4.69) is 30.7 Å². The van der Waals surface area contributed by atoms with E-state index in [1.807, 2.05) is 0 Å². The summed E-state index contributed by atoms with van der Waals surface area (Å²) in [5.74, 6) is -0.453. The fraction of sp³-hybridized carbons (Fsp3) is 0.667. The second-order valence-electron chi connectivity index (χ2n) is 1.57. The number of ether oxygens (including phenoxy) is 1. The summed E-state index contributed by atoms with van der Waals surface area (Å²) in [5.41, 5.74) is 0.231. The van der Waals surface area contributed by atoms with Gasteiger partial charge in [0.2, 0.25) is 0 Å². The highest BCUT2D eigenvalue weighted by molar-refractivity contribution is 9.09. The molecule has 0 rings (SSSR count). The largest absolute Gasteiger partial charge is 0.461 e. The molecule has 0 fully saturated rings. The first-order valence-electron chi connectivity index (χ1n) is 3.09. The molecule has 0 radical (unpaired) electrons. The summed E-state index contributed by atoms with van der Waals surface area (Å²) in [6.45, 7) is 2.07. The monoisotopic (exact) mass is 223 g/mol. The first kappa shape index (κ1) is 10.4. The van der Waals surface area contributed by atoms with E-state index in [4.69, 9.17) is 0 Å². The van der Waals surface area contributed by atoms with Crippen LogP contribution < -0.4 is 0 Å². The smallest absolute Gasteiger partial charge is 0.356 e. The van der Waals surface area contributed by atoms with Gasteiger partial charge in [0.15, 0.2) is 5.71 Å². The maximum absolute atomic E-state index is 10.9. The number of carbonyl (C=O) groups is 1. The second-order valence-corrected chi connectivity index (χ2v) is 2.14. The number of oxime groups is 1. The van der Waals surface area contributed by atoms with Crippen LogP contribution in [-0.4, -0.2) is 30.7 Å². The van der Waals surface area contributed by atoms with Gasteiger partial charge in [0, 0.05) is 0 Å². The molecule has 0 aromatic rings. The van der Waals surface area contributed by atoms with Crippen molar-refractivity contribution < 1.29 is 14.4 Å². The molecule has 0 atom stereocenters. The molecule has 0 aliphatic rings. The Kier molecular flexibility index (Phi) is 5.83. The van der Waals surface area contributed by atoms with E-state index in [0.29, 0.717) is 11.9 Å². The lowest BCUT2D eigenvalue weighted by Gasteiger charge is -2.00. The molecule has 0 saturated heterocycles. The maximum atomic E-state index is 10.9. The molecule has 0 aromatic carbocycles. The van der Waals surface area contributed by atoms with Gasteiger partial charge in [0.25, 0.3) is 0 Å². The highest BCUT2D eigenvalue weighted by Gasteiger charge is 2.10. The van der Waals surface area contributed by atoms with Crippen LogP contribution in [0.15, 0.2) is 5.16 Å². The van der Waals surface area contributed by atoms with Crippen molar-refractivity contribution in [3.63, 3.8) is 0 Å². The van der Waals surface area contributed by atoms with Gasteiger partial charge in [-0.2, -0.15) is 0 Å². The molecule has 11 heavy (non-hydrogen) atoms. The Balaban J connectivity index is 4.03. The van der Waals surface area contributed by atoms with Gasteiger partial charge in [-0.3, -0.25) is 0 Å². The molecule has 0 aromatic heterocycles. The van der Waals surface area contributed by atoms with Crippen LogP contribution in [0.4, 0.5) is 0 Å². The quantitative estimate of drug-likeness (QED) is 0.309. The predicted molar refractivity (Wildman–Crippen MR) is 44.9 cm³/mol. The molecule has 5 heteroatoms. The summed E-state index contributed by atoms with van der Waals surface area (Å²) in [7, 11) is 1.38. The van der Waals surface area contributed by atoms with E-state index in [9.17, 15) is 4.79 Å². The van der Waals surface area contributed by atoms with E-state index in [1.54, 1.807) is 6.92 Å². The highest BCUT2D eigenvalue weighted by atomic mass is 79.9. The zero-order valence-corrected chi connectivity index (χ0v) is 8.05. The summed E-state index contributed by atoms with van der Waals surface area (Å²) in [6, 6.07) is 0. The Morgan fingerprint density at radius 2 is 2.27 bits per heavy atom. The van der Waals surface area contributed by atoms with E-state index < -0.39 is 5.97 Å². The van der Waals surface area contributed by atoms with Crippen LogP contribution in [0.2, 0.25) is 0 Å². The lowest BCUT2D eigenvalue weighted by molar-refractivity contribution is -0.135. The summed E-state index contributed by atoms with van der Waals surface area (Å²) < 4.78 is 4.67. The van der Waals surface area contributed by atoms with Crippen LogP contribution in [0.1, 0.15) is 6.92 Å². The third kappa shape index (κ3) is 3.98. The maximum Gasteiger partial charge on any atom is 0.356 e. The van der Waals surface area contributed by atoms with E-state index in [-0.39, 0.29) is 5.71 Å². The Labute approximate surface area is 73.7 Å². The normalized spacial score (nSPS) is 11.0. The molecule has 0 saturated carbocycles. The molecule has 0 bridgehead atoms. The topological polar surface area (TPSA) is 47.9 Å². The van der Waals surface area contributed by atoms with Crippen molar-refractivity contribution in [1.29, 1.82) is 0 Å². The molecule has 0 unspecified atom stereocenters. The summed E-state index contributed by atoms with van der Waals surface area (Å²) in [4.78, 5) is 15.3. The summed E-state index contributed by atoms with van der Waals surface area (Å²) >= 11 is 3.08. The van der Waals surface area contributed by atoms with E-state index in [1.165, 1.54) is 7.11 Å². The number of esters is 1. The van der Waals surface area contributed by atoms with Crippen LogP contribution in [-0.2, 0) is 14.4 Å². The SMILES string of the molecule is CCOC(=O)C(CBr)=NOC. The van der Waals surface area contributed by atoms with Crippen LogP contribution in [0, 0.1) is 0 Å². The van der Waals surface area contributed by atoms with Gasteiger partial charge in [-0.25, -0.2) is 4.79 Å². The molecule has 0 spiro atoms. The average Bonchev–Trinajstić information content (AvgIpc) is 2.00. The van der Waals surface area contributed by atoms with Gasteiger partial charge in [0.05, 0.1) is 11.9 Å². The molecule has 0 N–H and O–H groups in total. The zero-order chi connectivity index (χ0) is 8.69. The number of halogens is 1. The Bertz CT molecular complexity index is 158. The van der Waals surface area contributed by atoms with Crippen molar-refractivity contribution in [2.45, 2.75) is 6.92 Å². The molecule has 0 aliphatic heterocycles. The average molecular weight is 224 g/mol. The lowest BCUT2D eigenvalue weighted by atomic mass is 10.4. The Morgan fingerprint density at radius 3 is 2.64 bits per heavy atom. The minimum Gasteiger partial charge on any atom is -0.461 e. The first-order valence-corrected chi connectivity index (χ1v) is 4.21. The molecule has 4 nitrogen and oxygen atoms in total. The molecule has 64 valence electrons. The molecule has 0 aliphatic carbocycles. The Hall–Kier alpha value is -0.580. The molecule has 0 heterocycles. The van der Waals surface area contributed by atoms with Crippen molar-refractivity contribution in [2.24, 2.45) is 5.16 Å². The van der Waals surface area contributed by atoms with Gasteiger partial charge in [0.1, 0.15) is 7.11 Å². The van der Waals surface area contributed by atoms with Crippen molar-refractivity contribution in [3.8, 4) is 0 Å². The molecular weight excluding hydrogens is 214 g/mol. The van der Waals surface area contributed by atoms with Crippen molar-refractivity contribution in [3.05, 3.63) is 0 Å². The third-order valence-corrected chi connectivity index (χ3v) is 1.37. The van der Waals surface area contributed by atoms with Gasteiger partial charge in [-0.05, 0) is 6.92 Å². The number of nitrogens with zero attached hydrogens (tertiary/aromatic N) is 1. The summed E-state index contributed by atoms with van der Waals surface area (Å²) in [6.07, 6.45) is 0. The fourth-order valence-electron chi connectivity index (χ4n) is 0.441. The molecular formula is C6H10BrNO3. The van der Waals surface area contributed by atoms with Crippen molar-refractivity contribution in [2.75, 3.05) is 19.0 Å². The fourth-order valence-corrected chi connectivity index (χ4v) is 0.772. The van der Waals surface area contributed by atoms with Crippen molar-refractivity contribution in [1.82, 2.24) is 0 Å². The predicted octanol–water partition coefficient (Wildman–Crippen LogP) is 0.947. The van der Waals surface area contributed by atoms with Gasteiger partial charge in [-0.15, -0.1) is 0 Å². The van der Waals surface area contributed by atoms with Crippen molar-refractivity contribution >= 4 is 27.6 Å². The minimum atomic E-state index is -0.453. The van der Waals surface area contributed by atoms with Gasteiger partial charge < -0.3 is 9.57 Å². The number of carbonyl (C=O) groups excluding carboxylic acids is 1. The van der Waals surface area contributed by atoms with Crippen LogP contribution in [0.3, 0.4) is 0 Å².